The van der Waals surface area contributed by atoms with Gasteiger partial charge < -0.3 is 15.5 Å². The number of alkyl halides is 1. The van der Waals surface area contributed by atoms with Crippen molar-refractivity contribution in [3.05, 3.63) is 42.1 Å². The zero-order valence-electron chi connectivity index (χ0n) is 19.8. The van der Waals surface area contributed by atoms with Gasteiger partial charge in [-0.25, -0.2) is 14.4 Å². The predicted molar refractivity (Wildman–Crippen MR) is 134 cm³/mol. The van der Waals surface area contributed by atoms with E-state index in [0.29, 0.717) is 35.7 Å². The molecule has 0 unspecified atom stereocenters. The number of carbonyl (C=O) groups is 1. The fourth-order valence-electron chi connectivity index (χ4n) is 4.32. The number of aromatic nitrogens is 4. The Morgan fingerprint density at radius 1 is 1.14 bits per heavy atom. The first-order chi connectivity index (χ1) is 16.8. The van der Waals surface area contributed by atoms with Crippen LogP contribution in [0.5, 0.6) is 0 Å². The topological polar surface area (TPSA) is 98.8 Å². The summed E-state index contributed by atoms with van der Waals surface area (Å²) in [5.74, 6) is 2.23. The normalized spacial score (nSPS) is 19.7. The number of aryl methyl sites for hydroxylation is 1. The number of rotatable bonds is 8. The molecule has 3 aliphatic rings. The predicted octanol–water partition coefficient (Wildman–Crippen LogP) is 5.08. The summed E-state index contributed by atoms with van der Waals surface area (Å²) < 4.78 is 15.0. The van der Waals surface area contributed by atoms with Crippen LogP contribution >= 0.6 is 11.8 Å². The zero-order chi connectivity index (χ0) is 24.2. The van der Waals surface area contributed by atoms with Crippen molar-refractivity contribution in [2.24, 2.45) is 11.3 Å². The molecule has 3 N–H and O–H groups in total. The van der Waals surface area contributed by atoms with E-state index >= 15 is 0 Å². The second-order valence-electron chi connectivity index (χ2n) is 10.3. The highest BCUT2D eigenvalue weighted by molar-refractivity contribution is 7.99. The van der Waals surface area contributed by atoms with Crippen molar-refractivity contribution in [1.82, 2.24) is 20.2 Å². The van der Waals surface area contributed by atoms with Crippen LogP contribution < -0.4 is 15.5 Å². The number of nitrogens with zero attached hydrogens (tertiary/aromatic N) is 4. The number of anilines is 4. The molecule has 2 saturated carbocycles. The summed E-state index contributed by atoms with van der Waals surface area (Å²) in [4.78, 5) is 24.6. The molecule has 1 aromatic carbocycles. The molecule has 0 spiro atoms. The van der Waals surface area contributed by atoms with Gasteiger partial charge >= 0.3 is 0 Å². The van der Waals surface area contributed by atoms with Gasteiger partial charge in [-0.2, -0.15) is 5.10 Å². The van der Waals surface area contributed by atoms with Gasteiger partial charge in [0.15, 0.2) is 11.0 Å². The number of amides is 1. The Morgan fingerprint density at radius 3 is 2.51 bits per heavy atom. The Hall–Kier alpha value is -3.14. The standard InChI is InChI=1S/C25H28FN7OS/c1-15-11-20(32-31-15)28-19-12-21(33-13-25(26,14-33)16-3-4-16)30-23(29-19)35-18-7-5-17(6-8-18)27-22(34)24(2)9-10-24/h5-8,11-12,16H,3-4,9-10,13-14H2,1-2H3,(H,27,34)(H2,28,29,30,31,32). The van der Waals surface area contributed by atoms with E-state index in [1.54, 1.807) is 0 Å². The summed E-state index contributed by atoms with van der Waals surface area (Å²) in [5, 5.41) is 13.9. The van der Waals surface area contributed by atoms with Gasteiger partial charge in [-0.15, -0.1) is 0 Å². The third-order valence-corrected chi connectivity index (χ3v) is 7.94. The number of halogens is 1. The third-order valence-electron chi connectivity index (χ3n) is 7.06. The average Bonchev–Trinajstić information content (AvgIpc) is 3.73. The maximum atomic E-state index is 15.0. The molecule has 35 heavy (non-hydrogen) atoms. The molecular weight excluding hydrogens is 465 g/mol. The number of nitrogens with one attached hydrogen (secondary N) is 3. The smallest absolute Gasteiger partial charge is 0.230 e. The summed E-state index contributed by atoms with van der Waals surface area (Å²) in [6.07, 6.45) is 3.85. The SMILES string of the molecule is Cc1cc(Nc2cc(N3CC(F)(C4CC4)C3)nc(Sc3ccc(NC(=O)C4(C)CC4)cc3)n2)n[nH]1. The quantitative estimate of drug-likeness (QED) is 0.376. The molecule has 2 aromatic heterocycles. The lowest BCUT2D eigenvalue weighted by molar-refractivity contribution is -0.120. The van der Waals surface area contributed by atoms with Crippen LogP contribution in [0.15, 0.2) is 46.5 Å². The van der Waals surface area contributed by atoms with E-state index in [4.69, 9.17) is 4.98 Å². The number of aromatic amines is 1. The number of hydrogen-bond acceptors (Lipinski definition) is 7. The van der Waals surface area contributed by atoms with E-state index in [2.05, 4.69) is 25.8 Å². The van der Waals surface area contributed by atoms with Gasteiger partial charge in [0.2, 0.25) is 5.91 Å². The van der Waals surface area contributed by atoms with Crippen molar-refractivity contribution in [2.45, 2.75) is 55.3 Å². The third kappa shape index (κ3) is 4.71. The molecule has 0 radical (unpaired) electrons. The largest absolute Gasteiger partial charge is 0.350 e. The van der Waals surface area contributed by atoms with Crippen LogP contribution in [0.4, 0.5) is 27.5 Å². The summed E-state index contributed by atoms with van der Waals surface area (Å²) in [7, 11) is 0. The first-order valence-corrected chi connectivity index (χ1v) is 12.8. The van der Waals surface area contributed by atoms with Crippen LogP contribution in [0.2, 0.25) is 0 Å². The van der Waals surface area contributed by atoms with E-state index < -0.39 is 5.67 Å². The van der Waals surface area contributed by atoms with E-state index in [0.717, 1.165) is 42.0 Å². The molecule has 1 aliphatic heterocycles. The van der Waals surface area contributed by atoms with Gasteiger partial charge in [-0.05, 0) is 74.6 Å². The highest BCUT2D eigenvalue weighted by Crippen LogP contribution is 2.48. The Labute approximate surface area is 207 Å². The van der Waals surface area contributed by atoms with Gasteiger partial charge in [0.1, 0.15) is 17.3 Å². The van der Waals surface area contributed by atoms with Crippen molar-refractivity contribution >= 4 is 40.8 Å². The number of benzene rings is 1. The Kier molecular flexibility index (Phi) is 5.24. The molecule has 8 nitrogen and oxygen atoms in total. The highest BCUT2D eigenvalue weighted by Gasteiger charge is 2.54. The molecule has 10 heteroatoms. The zero-order valence-corrected chi connectivity index (χ0v) is 20.6. The Bertz CT molecular complexity index is 1260. The summed E-state index contributed by atoms with van der Waals surface area (Å²) in [6.45, 7) is 4.66. The van der Waals surface area contributed by atoms with Gasteiger partial charge in [-0.1, -0.05) is 6.92 Å². The van der Waals surface area contributed by atoms with E-state index in [1.165, 1.54) is 11.8 Å². The highest BCUT2D eigenvalue weighted by atomic mass is 32.2. The summed E-state index contributed by atoms with van der Waals surface area (Å²) >= 11 is 1.42. The molecule has 0 atom stereocenters. The Morgan fingerprint density at radius 2 is 1.89 bits per heavy atom. The molecule has 6 rings (SSSR count). The number of carbonyl (C=O) groups excluding carboxylic acids is 1. The molecular formula is C25H28FN7OS. The van der Waals surface area contributed by atoms with E-state index in [1.807, 2.05) is 55.1 Å². The fourth-order valence-corrected chi connectivity index (χ4v) is 5.08. The monoisotopic (exact) mass is 493 g/mol. The second-order valence-corrected chi connectivity index (χ2v) is 11.3. The van der Waals surface area contributed by atoms with Crippen LogP contribution in [0.1, 0.15) is 38.3 Å². The van der Waals surface area contributed by atoms with Crippen LogP contribution in [0.25, 0.3) is 0 Å². The van der Waals surface area contributed by atoms with Gasteiger partial charge in [0, 0.05) is 33.8 Å². The molecule has 2 aliphatic carbocycles. The Balaban J connectivity index is 1.20. The first-order valence-electron chi connectivity index (χ1n) is 12.0. The molecule has 182 valence electrons. The van der Waals surface area contributed by atoms with E-state index in [-0.39, 0.29) is 17.2 Å². The molecule has 3 fully saturated rings. The molecule has 3 heterocycles. The molecule has 1 saturated heterocycles. The molecule has 3 aromatic rings. The van der Waals surface area contributed by atoms with Crippen LogP contribution in [-0.4, -0.2) is 44.8 Å². The first kappa shape index (κ1) is 22.3. The summed E-state index contributed by atoms with van der Waals surface area (Å²) in [6, 6.07) is 11.4. The van der Waals surface area contributed by atoms with Crippen molar-refractivity contribution in [2.75, 3.05) is 28.6 Å². The van der Waals surface area contributed by atoms with Crippen molar-refractivity contribution in [1.29, 1.82) is 0 Å². The number of hydrogen-bond donors (Lipinski definition) is 3. The van der Waals surface area contributed by atoms with Crippen molar-refractivity contribution in [3.8, 4) is 0 Å². The average molecular weight is 494 g/mol. The lowest BCUT2D eigenvalue weighted by atomic mass is 9.91. The number of H-pyrrole nitrogens is 1. The van der Waals surface area contributed by atoms with Crippen LogP contribution in [0.3, 0.4) is 0 Å². The maximum absolute atomic E-state index is 15.0. The van der Waals surface area contributed by atoms with Gasteiger partial charge in [-0.3, -0.25) is 9.89 Å². The summed E-state index contributed by atoms with van der Waals surface area (Å²) in [5.41, 5.74) is 0.404. The van der Waals surface area contributed by atoms with Gasteiger partial charge in [0.05, 0.1) is 13.1 Å². The van der Waals surface area contributed by atoms with E-state index in [9.17, 15) is 9.18 Å². The lowest BCUT2D eigenvalue weighted by Gasteiger charge is -2.45. The molecule has 1 amide bonds. The van der Waals surface area contributed by atoms with Crippen LogP contribution in [-0.2, 0) is 4.79 Å². The lowest BCUT2D eigenvalue weighted by Crippen LogP contribution is -2.60. The molecule has 0 bridgehead atoms. The fraction of sp³-hybridized carbons (Fsp3) is 0.440. The van der Waals surface area contributed by atoms with Gasteiger partial charge in [0.25, 0.3) is 0 Å². The minimum absolute atomic E-state index is 0.0722. The van der Waals surface area contributed by atoms with Crippen molar-refractivity contribution < 1.29 is 9.18 Å². The minimum Gasteiger partial charge on any atom is -0.350 e. The van der Waals surface area contributed by atoms with Crippen molar-refractivity contribution in [3.63, 3.8) is 0 Å². The minimum atomic E-state index is -1.09. The maximum Gasteiger partial charge on any atom is 0.230 e. The second kappa shape index (κ2) is 8.22. The van der Waals surface area contributed by atoms with Crippen LogP contribution in [0, 0.1) is 18.3 Å².